The lowest BCUT2D eigenvalue weighted by Gasteiger charge is -2.20. The van der Waals surface area contributed by atoms with E-state index >= 15 is 0 Å². The van der Waals surface area contributed by atoms with E-state index in [9.17, 15) is 18.0 Å². The molecule has 96 valence electrons. The third-order valence-corrected chi connectivity index (χ3v) is 1.63. The number of hydrogen-bond donors (Lipinski definition) is 2. The monoisotopic (exact) mass is 240 g/mol. The summed E-state index contributed by atoms with van der Waals surface area (Å²) in [5.74, 6) is -0.160. The third-order valence-electron chi connectivity index (χ3n) is 1.63. The minimum atomic E-state index is -4.14. The summed E-state index contributed by atoms with van der Waals surface area (Å²) in [6.07, 6.45) is -4.82. The van der Waals surface area contributed by atoms with Crippen LogP contribution in [-0.4, -0.2) is 30.7 Å². The number of alkyl halides is 3. The number of amides is 1. The molecule has 0 aliphatic rings. The van der Waals surface area contributed by atoms with E-state index in [-0.39, 0.29) is 31.0 Å². The third kappa shape index (κ3) is 11.3. The number of nitrogens with one attached hydrogen (secondary N) is 2. The lowest BCUT2D eigenvalue weighted by atomic mass is 10.1. The van der Waals surface area contributed by atoms with Crippen molar-refractivity contribution in [3.8, 4) is 0 Å². The summed E-state index contributed by atoms with van der Waals surface area (Å²) in [7, 11) is 0. The highest BCUT2D eigenvalue weighted by Crippen LogP contribution is 2.17. The van der Waals surface area contributed by atoms with Gasteiger partial charge >= 0.3 is 6.18 Å². The molecule has 0 unspecified atom stereocenters. The molecule has 0 saturated heterocycles. The van der Waals surface area contributed by atoms with Gasteiger partial charge in [-0.1, -0.05) is 0 Å². The number of carbonyl (C=O) groups excluding carboxylic acids is 1. The summed E-state index contributed by atoms with van der Waals surface area (Å²) in [5, 5.41) is 5.30. The van der Waals surface area contributed by atoms with Crippen LogP contribution in [0.1, 0.15) is 33.6 Å². The summed E-state index contributed by atoms with van der Waals surface area (Å²) in [4.78, 5) is 11.2. The fraction of sp³-hybridized carbons (Fsp3) is 0.900. The fourth-order valence-corrected chi connectivity index (χ4v) is 1.04. The van der Waals surface area contributed by atoms with E-state index in [1.165, 1.54) is 0 Å². The van der Waals surface area contributed by atoms with Gasteiger partial charge in [0.05, 0.1) is 6.42 Å². The van der Waals surface area contributed by atoms with Crippen LogP contribution in [0.2, 0.25) is 0 Å². The zero-order valence-corrected chi connectivity index (χ0v) is 9.87. The van der Waals surface area contributed by atoms with Gasteiger partial charge in [0.2, 0.25) is 5.91 Å². The molecule has 0 radical (unpaired) electrons. The Balaban J connectivity index is 3.50. The molecule has 0 aromatic carbocycles. The lowest BCUT2D eigenvalue weighted by Crippen LogP contribution is -2.41. The van der Waals surface area contributed by atoms with Gasteiger partial charge in [-0.2, -0.15) is 13.2 Å². The molecule has 0 rings (SSSR count). The van der Waals surface area contributed by atoms with Crippen LogP contribution in [0.5, 0.6) is 0 Å². The maximum atomic E-state index is 11.7. The first-order chi connectivity index (χ1) is 7.10. The van der Waals surface area contributed by atoms with Gasteiger partial charge in [0.15, 0.2) is 0 Å². The molecule has 0 saturated carbocycles. The molecule has 16 heavy (non-hydrogen) atoms. The SMILES string of the molecule is CC(C)(C)NC(=O)CCNCCC(F)(F)F. The number of carbonyl (C=O) groups is 1. The van der Waals surface area contributed by atoms with Crippen molar-refractivity contribution in [1.29, 1.82) is 0 Å². The van der Waals surface area contributed by atoms with Gasteiger partial charge in [-0.05, 0) is 20.8 Å². The van der Waals surface area contributed by atoms with Gasteiger partial charge in [-0.3, -0.25) is 4.79 Å². The quantitative estimate of drug-likeness (QED) is 0.720. The first kappa shape index (κ1) is 15.2. The zero-order valence-electron chi connectivity index (χ0n) is 9.87. The molecule has 6 heteroatoms. The number of rotatable bonds is 5. The molecule has 1 amide bonds. The first-order valence-electron chi connectivity index (χ1n) is 5.19. The van der Waals surface area contributed by atoms with Crippen molar-refractivity contribution in [2.45, 2.75) is 45.3 Å². The van der Waals surface area contributed by atoms with Crippen LogP contribution in [0.15, 0.2) is 0 Å². The van der Waals surface area contributed by atoms with Crippen LogP contribution in [0.25, 0.3) is 0 Å². The summed E-state index contributed by atoms with van der Waals surface area (Å²) in [5.41, 5.74) is -0.303. The standard InChI is InChI=1S/C10H19F3N2O/c1-9(2,3)15-8(16)4-6-14-7-5-10(11,12)13/h14H,4-7H2,1-3H3,(H,15,16). The van der Waals surface area contributed by atoms with Crippen LogP contribution < -0.4 is 10.6 Å². The summed E-state index contributed by atoms with van der Waals surface area (Å²) < 4.78 is 35.2. The lowest BCUT2D eigenvalue weighted by molar-refractivity contribution is -0.133. The normalized spacial score (nSPS) is 12.6. The molecule has 0 fully saturated rings. The molecular weight excluding hydrogens is 221 g/mol. The van der Waals surface area contributed by atoms with Crippen LogP contribution in [0.4, 0.5) is 13.2 Å². The summed E-state index contributed by atoms with van der Waals surface area (Å²) in [6.45, 7) is 5.66. The highest BCUT2D eigenvalue weighted by molar-refractivity contribution is 5.76. The van der Waals surface area contributed by atoms with Crippen LogP contribution in [-0.2, 0) is 4.79 Å². The Morgan fingerprint density at radius 3 is 2.12 bits per heavy atom. The second-order valence-corrected chi connectivity index (χ2v) is 4.66. The second kappa shape index (κ2) is 6.08. The minimum absolute atomic E-state index is 0.147. The van der Waals surface area contributed by atoms with Gasteiger partial charge in [0, 0.05) is 25.0 Å². The molecule has 0 spiro atoms. The predicted octanol–water partition coefficient (Wildman–Crippen LogP) is 1.83. The summed E-state index contributed by atoms with van der Waals surface area (Å²) in [6, 6.07) is 0. The molecule has 0 aromatic heterocycles. The van der Waals surface area contributed by atoms with Crippen molar-refractivity contribution in [3.63, 3.8) is 0 Å². The Bertz CT molecular complexity index is 221. The molecule has 3 nitrogen and oxygen atoms in total. The van der Waals surface area contributed by atoms with E-state index in [0.29, 0.717) is 0 Å². The smallest absolute Gasteiger partial charge is 0.351 e. The highest BCUT2D eigenvalue weighted by atomic mass is 19.4. The highest BCUT2D eigenvalue weighted by Gasteiger charge is 2.25. The largest absolute Gasteiger partial charge is 0.390 e. The van der Waals surface area contributed by atoms with Crippen LogP contribution in [0.3, 0.4) is 0 Å². The van der Waals surface area contributed by atoms with E-state index in [1.807, 2.05) is 20.8 Å². The Morgan fingerprint density at radius 2 is 1.69 bits per heavy atom. The molecular formula is C10H19F3N2O. The molecule has 0 aromatic rings. The van der Waals surface area contributed by atoms with Gasteiger partial charge in [-0.15, -0.1) is 0 Å². The van der Waals surface area contributed by atoms with E-state index in [4.69, 9.17) is 0 Å². The first-order valence-corrected chi connectivity index (χ1v) is 5.19. The van der Waals surface area contributed by atoms with Gasteiger partial charge in [0.1, 0.15) is 0 Å². The van der Waals surface area contributed by atoms with E-state index < -0.39 is 12.6 Å². The number of halogens is 3. The maximum absolute atomic E-state index is 11.7. The average molecular weight is 240 g/mol. The minimum Gasteiger partial charge on any atom is -0.351 e. The predicted molar refractivity (Wildman–Crippen MR) is 56.1 cm³/mol. The second-order valence-electron chi connectivity index (χ2n) is 4.66. The fourth-order valence-electron chi connectivity index (χ4n) is 1.04. The Kier molecular flexibility index (Phi) is 5.78. The molecule has 2 N–H and O–H groups in total. The van der Waals surface area contributed by atoms with Crippen molar-refractivity contribution >= 4 is 5.91 Å². The molecule has 0 atom stereocenters. The number of hydrogen-bond acceptors (Lipinski definition) is 2. The Morgan fingerprint density at radius 1 is 1.12 bits per heavy atom. The summed E-state index contributed by atoms with van der Waals surface area (Å²) >= 11 is 0. The average Bonchev–Trinajstić information content (AvgIpc) is 1.97. The van der Waals surface area contributed by atoms with Crippen molar-refractivity contribution in [3.05, 3.63) is 0 Å². The molecule has 0 aliphatic heterocycles. The molecule has 0 heterocycles. The van der Waals surface area contributed by atoms with Gasteiger partial charge < -0.3 is 10.6 Å². The van der Waals surface area contributed by atoms with E-state index in [1.54, 1.807) is 0 Å². The van der Waals surface area contributed by atoms with Crippen molar-refractivity contribution < 1.29 is 18.0 Å². The topological polar surface area (TPSA) is 41.1 Å². The van der Waals surface area contributed by atoms with E-state index in [2.05, 4.69) is 10.6 Å². The van der Waals surface area contributed by atoms with Crippen molar-refractivity contribution in [1.82, 2.24) is 10.6 Å². The Labute approximate surface area is 93.8 Å². The van der Waals surface area contributed by atoms with Crippen molar-refractivity contribution in [2.24, 2.45) is 0 Å². The van der Waals surface area contributed by atoms with Crippen molar-refractivity contribution in [2.75, 3.05) is 13.1 Å². The van der Waals surface area contributed by atoms with Crippen LogP contribution >= 0.6 is 0 Å². The Hall–Kier alpha value is -0.780. The van der Waals surface area contributed by atoms with Gasteiger partial charge in [-0.25, -0.2) is 0 Å². The maximum Gasteiger partial charge on any atom is 0.390 e. The van der Waals surface area contributed by atoms with E-state index in [0.717, 1.165) is 0 Å². The van der Waals surface area contributed by atoms with Crippen LogP contribution in [0, 0.1) is 0 Å². The zero-order chi connectivity index (χ0) is 12.8. The molecule has 0 aliphatic carbocycles. The molecule has 0 bridgehead atoms. The van der Waals surface area contributed by atoms with Gasteiger partial charge in [0.25, 0.3) is 0 Å².